The van der Waals surface area contributed by atoms with Gasteiger partial charge in [-0.25, -0.2) is 0 Å². The van der Waals surface area contributed by atoms with Crippen molar-refractivity contribution in [1.82, 2.24) is 14.8 Å². The third-order valence-corrected chi connectivity index (χ3v) is 4.44. The minimum absolute atomic E-state index is 0.0857. The largest absolute Gasteiger partial charge is 0.356 e. The number of hydrogen-bond acceptors (Lipinski definition) is 3. The van der Waals surface area contributed by atoms with Crippen LogP contribution < -0.4 is 0 Å². The van der Waals surface area contributed by atoms with E-state index in [9.17, 15) is 9.59 Å². The monoisotopic (exact) mass is 336 g/mol. The van der Waals surface area contributed by atoms with Crippen molar-refractivity contribution in [3.63, 3.8) is 0 Å². The number of amides is 2. The molecule has 1 fully saturated rings. The molecule has 0 saturated carbocycles. The van der Waals surface area contributed by atoms with Crippen LogP contribution in [0.2, 0.25) is 0 Å². The number of benzene rings is 1. The first-order chi connectivity index (χ1) is 12.1. The number of nitrogens with zero attached hydrogens (tertiary/aromatic N) is 3. The van der Waals surface area contributed by atoms with Crippen LogP contribution in [0.3, 0.4) is 0 Å². The van der Waals surface area contributed by atoms with Crippen molar-refractivity contribution in [3.05, 3.63) is 58.9 Å². The third-order valence-electron chi connectivity index (χ3n) is 4.44. The fourth-order valence-electron chi connectivity index (χ4n) is 2.90. The Morgan fingerprint density at radius 2 is 1.76 bits per heavy atom. The molecule has 2 aromatic rings. The SMILES string of the molecule is Cc1ccc(CC(=O)N2CCN(C(=O)c3cc(C#N)c[nH]3)CC2)cc1. The van der Waals surface area contributed by atoms with E-state index in [0.717, 1.165) is 5.56 Å². The minimum Gasteiger partial charge on any atom is -0.356 e. The van der Waals surface area contributed by atoms with Gasteiger partial charge in [0.15, 0.2) is 0 Å². The van der Waals surface area contributed by atoms with E-state index in [1.807, 2.05) is 37.3 Å². The molecule has 0 bridgehead atoms. The number of aromatic amines is 1. The number of piperazine rings is 1. The summed E-state index contributed by atoms with van der Waals surface area (Å²) in [7, 11) is 0. The average Bonchev–Trinajstić information content (AvgIpc) is 3.12. The van der Waals surface area contributed by atoms with Gasteiger partial charge in [-0.05, 0) is 18.6 Å². The minimum atomic E-state index is -0.132. The second kappa shape index (κ2) is 7.22. The highest BCUT2D eigenvalue weighted by molar-refractivity contribution is 5.93. The summed E-state index contributed by atoms with van der Waals surface area (Å²) in [5.41, 5.74) is 3.03. The van der Waals surface area contributed by atoms with Crippen LogP contribution in [-0.2, 0) is 11.2 Å². The molecule has 1 aromatic heterocycles. The molecular formula is C19H20N4O2. The van der Waals surface area contributed by atoms with Crippen LogP contribution in [0.4, 0.5) is 0 Å². The zero-order valence-electron chi connectivity index (χ0n) is 14.2. The van der Waals surface area contributed by atoms with Gasteiger partial charge < -0.3 is 14.8 Å². The van der Waals surface area contributed by atoms with Crippen molar-refractivity contribution in [3.8, 4) is 6.07 Å². The first-order valence-electron chi connectivity index (χ1n) is 8.28. The molecule has 6 nitrogen and oxygen atoms in total. The topological polar surface area (TPSA) is 80.2 Å². The van der Waals surface area contributed by atoms with E-state index >= 15 is 0 Å². The van der Waals surface area contributed by atoms with Crippen molar-refractivity contribution < 1.29 is 9.59 Å². The number of nitriles is 1. The van der Waals surface area contributed by atoms with Gasteiger partial charge in [0.05, 0.1) is 12.0 Å². The fourth-order valence-corrected chi connectivity index (χ4v) is 2.90. The number of carbonyl (C=O) groups excluding carboxylic acids is 2. The molecule has 3 rings (SSSR count). The smallest absolute Gasteiger partial charge is 0.270 e. The van der Waals surface area contributed by atoms with Crippen molar-refractivity contribution in [2.75, 3.05) is 26.2 Å². The van der Waals surface area contributed by atoms with Crippen LogP contribution in [0, 0.1) is 18.3 Å². The maximum atomic E-state index is 12.4. The molecule has 1 aliphatic rings. The van der Waals surface area contributed by atoms with Crippen LogP contribution in [0.25, 0.3) is 0 Å². The molecular weight excluding hydrogens is 316 g/mol. The zero-order chi connectivity index (χ0) is 17.8. The van der Waals surface area contributed by atoms with E-state index in [2.05, 4.69) is 4.98 Å². The van der Waals surface area contributed by atoms with E-state index in [0.29, 0.717) is 43.9 Å². The normalized spacial score (nSPS) is 14.2. The van der Waals surface area contributed by atoms with E-state index in [1.165, 1.54) is 11.8 Å². The maximum absolute atomic E-state index is 12.4. The Bertz CT molecular complexity index is 809. The Labute approximate surface area is 146 Å². The molecule has 0 unspecified atom stereocenters. The number of H-pyrrole nitrogens is 1. The Balaban J connectivity index is 1.54. The summed E-state index contributed by atoms with van der Waals surface area (Å²) in [6.07, 6.45) is 1.91. The summed E-state index contributed by atoms with van der Waals surface area (Å²) in [6, 6.07) is 11.5. The summed E-state index contributed by atoms with van der Waals surface area (Å²) in [5.74, 6) is -0.0466. The van der Waals surface area contributed by atoms with Crippen LogP contribution in [0.5, 0.6) is 0 Å². The van der Waals surface area contributed by atoms with Gasteiger partial charge in [0.1, 0.15) is 11.8 Å². The fraction of sp³-hybridized carbons (Fsp3) is 0.316. The lowest BCUT2D eigenvalue weighted by Gasteiger charge is -2.34. The highest BCUT2D eigenvalue weighted by Gasteiger charge is 2.25. The van der Waals surface area contributed by atoms with Crippen LogP contribution in [0.1, 0.15) is 27.2 Å². The molecule has 128 valence electrons. The second-order valence-corrected chi connectivity index (χ2v) is 6.25. The standard InChI is InChI=1S/C19H20N4O2/c1-14-2-4-15(5-3-14)11-18(24)22-6-8-23(9-7-22)19(25)17-10-16(12-20)13-21-17/h2-5,10,13,21H,6-9,11H2,1H3. The molecule has 1 aliphatic heterocycles. The number of aromatic nitrogens is 1. The molecule has 25 heavy (non-hydrogen) atoms. The predicted molar refractivity (Wildman–Crippen MR) is 92.9 cm³/mol. The molecule has 2 heterocycles. The molecule has 0 spiro atoms. The van der Waals surface area contributed by atoms with Crippen molar-refractivity contribution in [2.45, 2.75) is 13.3 Å². The molecule has 0 radical (unpaired) electrons. The van der Waals surface area contributed by atoms with E-state index < -0.39 is 0 Å². The highest BCUT2D eigenvalue weighted by Crippen LogP contribution is 2.11. The number of rotatable bonds is 3. The molecule has 1 N–H and O–H groups in total. The Kier molecular flexibility index (Phi) is 4.85. The van der Waals surface area contributed by atoms with Crippen LogP contribution in [-0.4, -0.2) is 52.8 Å². The summed E-state index contributed by atoms with van der Waals surface area (Å²) >= 11 is 0. The van der Waals surface area contributed by atoms with Gasteiger partial charge in [-0.3, -0.25) is 9.59 Å². The molecule has 2 amide bonds. The van der Waals surface area contributed by atoms with Gasteiger partial charge >= 0.3 is 0 Å². The Morgan fingerprint density at radius 3 is 2.36 bits per heavy atom. The van der Waals surface area contributed by atoms with Crippen LogP contribution >= 0.6 is 0 Å². The van der Waals surface area contributed by atoms with Crippen molar-refractivity contribution >= 4 is 11.8 Å². The average molecular weight is 336 g/mol. The molecule has 1 saturated heterocycles. The quantitative estimate of drug-likeness (QED) is 0.927. The van der Waals surface area contributed by atoms with Crippen molar-refractivity contribution in [2.24, 2.45) is 0 Å². The number of aryl methyl sites for hydroxylation is 1. The molecule has 1 aromatic carbocycles. The molecule has 6 heteroatoms. The lowest BCUT2D eigenvalue weighted by atomic mass is 10.1. The first kappa shape index (κ1) is 16.8. The summed E-state index contributed by atoms with van der Waals surface area (Å²) in [5, 5.41) is 8.84. The zero-order valence-corrected chi connectivity index (χ0v) is 14.2. The Morgan fingerprint density at radius 1 is 1.12 bits per heavy atom. The lowest BCUT2D eigenvalue weighted by molar-refractivity contribution is -0.131. The summed E-state index contributed by atoms with van der Waals surface area (Å²) < 4.78 is 0. The van der Waals surface area contributed by atoms with E-state index in [4.69, 9.17) is 5.26 Å². The number of carbonyl (C=O) groups is 2. The highest BCUT2D eigenvalue weighted by atomic mass is 16.2. The van der Waals surface area contributed by atoms with Crippen molar-refractivity contribution in [1.29, 1.82) is 5.26 Å². The van der Waals surface area contributed by atoms with Gasteiger partial charge in [0.25, 0.3) is 5.91 Å². The van der Waals surface area contributed by atoms with Crippen LogP contribution in [0.15, 0.2) is 36.5 Å². The van der Waals surface area contributed by atoms with Gasteiger partial charge in [-0.2, -0.15) is 5.26 Å². The van der Waals surface area contributed by atoms with Gasteiger partial charge in [0.2, 0.25) is 5.91 Å². The van der Waals surface area contributed by atoms with E-state index in [-0.39, 0.29) is 11.8 Å². The van der Waals surface area contributed by atoms with Gasteiger partial charge in [0, 0.05) is 32.4 Å². The third kappa shape index (κ3) is 3.89. The summed E-state index contributed by atoms with van der Waals surface area (Å²) in [6.45, 7) is 4.08. The predicted octanol–water partition coefficient (Wildman–Crippen LogP) is 1.72. The van der Waals surface area contributed by atoms with Gasteiger partial charge in [-0.15, -0.1) is 0 Å². The second-order valence-electron chi connectivity index (χ2n) is 6.25. The molecule has 0 aliphatic carbocycles. The Hall–Kier alpha value is -3.07. The van der Waals surface area contributed by atoms with E-state index in [1.54, 1.807) is 15.9 Å². The lowest BCUT2D eigenvalue weighted by Crippen LogP contribution is -2.51. The van der Waals surface area contributed by atoms with Gasteiger partial charge in [-0.1, -0.05) is 29.8 Å². The summed E-state index contributed by atoms with van der Waals surface area (Å²) in [4.78, 5) is 31.2. The number of hydrogen-bond donors (Lipinski definition) is 1. The molecule has 0 atom stereocenters. The first-order valence-corrected chi connectivity index (χ1v) is 8.28. The number of nitrogens with one attached hydrogen (secondary N) is 1. The maximum Gasteiger partial charge on any atom is 0.270 e.